The summed E-state index contributed by atoms with van der Waals surface area (Å²) in [7, 11) is 2.20. The molecule has 0 aromatic heterocycles. The molecule has 2 unspecified atom stereocenters. The second-order valence-electron chi connectivity index (χ2n) is 4.15. The van der Waals surface area contributed by atoms with Crippen molar-refractivity contribution in [2.45, 2.75) is 38.6 Å². The Morgan fingerprint density at radius 2 is 2.21 bits per heavy atom. The van der Waals surface area contributed by atoms with E-state index in [0.29, 0.717) is 6.04 Å². The van der Waals surface area contributed by atoms with E-state index in [0.717, 1.165) is 25.4 Å². The number of hydrogen-bond acceptors (Lipinski definition) is 2. The molecule has 1 aliphatic rings. The summed E-state index contributed by atoms with van der Waals surface area (Å²) in [6, 6.07) is 0.707. The van der Waals surface area contributed by atoms with Gasteiger partial charge < -0.3 is 10.6 Å². The fraction of sp³-hybridized carbons (Fsp3) is 0.833. The Morgan fingerprint density at radius 3 is 2.86 bits per heavy atom. The Balaban J connectivity index is 2.33. The quantitative estimate of drug-likeness (QED) is 0.687. The molecule has 2 heteroatoms. The second kappa shape index (κ2) is 6.06. The third-order valence-corrected chi connectivity index (χ3v) is 3.25. The van der Waals surface area contributed by atoms with Crippen LogP contribution in [0.5, 0.6) is 0 Å². The molecule has 0 amide bonds. The van der Waals surface area contributed by atoms with E-state index in [4.69, 9.17) is 5.73 Å². The van der Waals surface area contributed by atoms with Crippen molar-refractivity contribution in [3.8, 4) is 11.8 Å². The topological polar surface area (TPSA) is 29.3 Å². The Bertz CT molecular complexity index is 214. The predicted molar refractivity (Wildman–Crippen MR) is 60.9 cm³/mol. The molecular weight excluding hydrogens is 172 g/mol. The maximum atomic E-state index is 5.76. The molecule has 0 saturated heterocycles. The molecule has 0 heterocycles. The maximum Gasteiger partial charge on any atom is 0.0216 e. The normalized spacial score (nSPS) is 26.3. The lowest BCUT2D eigenvalue weighted by atomic mass is 10.0. The molecule has 2 nitrogen and oxygen atoms in total. The monoisotopic (exact) mass is 194 g/mol. The first-order valence-electron chi connectivity index (χ1n) is 5.59. The zero-order valence-electron chi connectivity index (χ0n) is 9.42. The maximum absolute atomic E-state index is 5.76. The molecule has 0 aromatic carbocycles. The average Bonchev–Trinajstić information content (AvgIpc) is 2.65. The van der Waals surface area contributed by atoms with Gasteiger partial charge in [0.05, 0.1) is 0 Å². The fourth-order valence-corrected chi connectivity index (χ4v) is 2.40. The van der Waals surface area contributed by atoms with Gasteiger partial charge in [-0.05, 0) is 39.3 Å². The summed E-state index contributed by atoms with van der Waals surface area (Å²) in [5.74, 6) is 6.77. The second-order valence-corrected chi connectivity index (χ2v) is 4.15. The van der Waals surface area contributed by atoms with E-state index in [2.05, 4.69) is 23.8 Å². The van der Waals surface area contributed by atoms with Crippen LogP contribution in [0.3, 0.4) is 0 Å². The van der Waals surface area contributed by atoms with Crippen LogP contribution >= 0.6 is 0 Å². The first-order valence-corrected chi connectivity index (χ1v) is 5.59. The van der Waals surface area contributed by atoms with Crippen molar-refractivity contribution >= 4 is 0 Å². The van der Waals surface area contributed by atoms with E-state index >= 15 is 0 Å². The molecule has 1 rings (SSSR count). The molecule has 1 fully saturated rings. The highest BCUT2D eigenvalue weighted by atomic mass is 15.1. The van der Waals surface area contributed by atoms with Crippen LogP contribution < -0.4 is 5.73 Å². The van der Waals surface area contributed by atoms with Crippen LogP contribution in [-0.4, -0.2) is 31.1 Å². The zero-order chi connectivity index (χ0) is 10.4. The van der Waals surface area contributed by atoms with Crippen molar-refractivity contribution in [2.24, 2.45) is 11.7 Å². The van der Waals surface area contributed by atoms with Gasteiger partial charge in [-0.15, -0.1) is 11.8 Å². The van der Waals surface area contributed by atoms with Crippen molar-refractivity contribution in [3.63, 3.8) is 0 Å². The first-order chi connectivity index (χ1) is 6.79. The smallest absolute Gasteiger partial charge is 0.0216 e. The van der Waals surface area contributed by atoms with E-state index in [9.17, 15) is 0 Å². The highest BCUT2D eigenvalue weighted by Crippen LogP contribution is 2.28. The molecule has 1 aliphatic carbocycles. The standard InChI is InChI=1S/C12H22N2/c1-3-4-5-9-14(2)12-8-6-7-11(12)10-13/h11-12H,5-10,13H2,1-2H3. The lowest BCUT2D eigenvalue weighted by Crippen LogP contribution is -2.38. The molecular formula is C12H22N2. The van der Waals surface area contributed by atoms with Crippen LogP contribution in [0.1, 0.15) is 32.6 Å². The van der Waals surface area contributed by atoms with Crippen molar-refractivity contribution in [1.29, 1.82) is 0 Å². The molecule has 2 atom stereocenters. The minimum atomic E-state index is 0.707. The predicted octanol–water partition coefficient (Wildman–Crippen LogP) is 1.46. The highest BCUT2D eigenvalue weighted by Gasteiger charge is 2.28. The molecule has 2 N–H and O–H groups in total. The molecule has 0 spiro atoms. The van der Waals surface area contributed by atoms with Gasteiger partial charge in [-0.3, -0.25) is 0 Å². The Kier molecular flexibility index (Phi) is 5.00. The van der Waals surface area contributed by atoms with Gasteiger partial charge in [-0.2, -0.15) is 0 Å². The lowest BCUT2D eigenvalue weighted by molar-refractivity contribution is 0.204. The summed E-state index contributed by atoms with van der Waals surface area (Å²) in [5, 5.41) is 0. The van der Waals surface area contributed by atoms with Crippen LogP contribution in [0.25, 0.3) is 0 Å². The van der Waals surface area contributed by atoms with Crippen molar-refractivity contribution in [2.75, 3.05) is 20.1 Å². The van der Waals surface area contributed by atoms with Crippen molar-refractivity contribution in [3.05, 3.63) is 0 Å². The number of nitrogens with zero attached hydrogens (tertiary/aromatic N) is 1. The van der Waals surface area contributed by atoms with E-state index in [1.54, 1.807) is 0 Å². The van der Waals surface area contributed by atoms with Gasteiger partial charge in [0.1, 0.15) is 0 Å². The summed E-state index contributed by atoms with van der Waals surface area (Å²) in [5.41, 5.74) is 5.76. The van der Waals surface area contributed by atoms with E-state index in [1.807, 2.05) is 6.92 Å². The number of hydrogen-bond donors (Lipinski definition) is 1. The molecule has 1 saturated carbocycles. The van der Waals surface area contributed by atoms with Gasteiger partial charge in [-0.1, -0.05) is 6.42 Å². The minimum Gasteiger partial charge on any atom is -0.330 e. The van der Waals surface area contributed by atoms with Gasteiger partial charge in [-0.25, -0.2) is 0 Å². The number of rotatable bonds is 4. The molecule has 0 radical (unpaired) electrons. The molecule has 80 valence electrons. The third kappa shape index (κ3) is 3.01. The van der Waals surface area contributed by atoms with Crippen LogP contribution in [0.15, 0.2) is 0 Å². The summed E-state index contributed by atoms with van der Waals surface area (Å²) in [6.07, 6.45) is 4.96. The van der Waals surface area contributed by atoms with Crippen LogP contribution in [0.2, 0.25) is 0 Å². The van der Waals surface area contributed by atoms with Gasteiger partial charge >= 0.3 is 0 Å². The third-order valence-electron chi connectivity index (χ3n) is 3.25. The molecule has 0 aromatic rings. The SMILES string of the molecule is CC#CCCN(C)C1CCCC1CN. The number of nitrogens with two attached hydrogens (primary N) is 1. The molecule has 14 heavy (non-hydrogen) atoms. The van der Waals surface area contributed by atoms with Gasteiger partial charge in [0, 0.05) is 19.0 Å². The summed E-state index contributed by atoms with van der Waals surface area (Å²) < 4.78 is 0. The lowest BCUT2D eigenvalue weighted by Gasteiger charge is -2.28. The van der Waals surface area contributed by atoms with Crippen LogP contribution in [-0.2, 0) is 0 Å². The Morgan fingerprint density at radius 1 is 1.43 bits per heavy atom. The Labute approximate surface area is 87.8 Å². The van der Waals surface area contributed by atoms with E-state index < -0.39 is 0 Å². The van der Waals surface area contributed by atoms with Crippen molar-refractivity contribution < 1.29 is 0 Å². The van der Waals surface area contributed by atoms with Gasteiger partial charge in [0.15, 0.2) is 0 Å². The van der Waals surface area contributed by atoms with E-state index in [-0.39, 0.29) is 0 Å². The average molecular weight is 194 g/mol. The molecule has 0 bridgehead atoms. The fourth-order valence-electron chi connectivity index (χ4n) is 2.40. The van der Waals surface area contributed by atoms with Crippen molar-refractivity contribution in [1.82, 2.24) is 4.90 Å². The highest BCUT2D eigenvalue weighted by molar-refractivity contribution is 4.96. The largest absolute Gasteiger partial charge is 0.330 e. The van der Waals surface area contributed by atoms with Gasteiger partial charge in [0.25, 0.3) is 0 Å². The minimum absolute atomic E-state index is 0.707. The summed E-state index contributed by atoms with van der Waals surface area (Å²) in [4.78, 5) is 2.44. The van der Waals surface area contributed by atoms with Gasteiger partial charge in [0.2, 0.25) is 0 Å². The first kappa shape index (κ1) is 11.6. The Hall–Kier alpha value is -0.520. The molecule has 0 aliphatic heterocycles. The van der Waals surface area contributed by atoms with Crippen LogP contribution in [0, 0.1) is 17.8 Å². The summed E-state index contributed by atoms with van der Waals surface area (Å²) >= 11 is 0. The van der Waals surface area contributed by atoms with Crippen LogP contribution in [0.4, 0.5) is 0 Å². The van der Waals surface area contributed by atoms with E-state index in [1.165, 1.54) is 19.3 Å². The summed E-state index contributed by atoms with van der Waals surface area (Å²) in [6.45, 7) is 3.83. The zero-order valence-corrected chi connectivity index (χ0v) is 9.42.